The maximum Gasteiger partial charge on any atom is 0.336 e. The van der Waals surface area contributed by atoms with Crippen molar-refractivity contribution in [1.82, 2.24) is 4.90 Å². The predicted octanol–water partition coefficient (Wildman–Crippen LogP) is 3.61. The largest absolute Gasteiger partial charge is 0.490 e. The third-order valence-corrected chi connectivity index (χ3v) is 5.19. The monoisotopic (exact) mass is 335 g/mol. The molecule has 2 atom stereocenters. The molecule has 124 valence electrons. The fraction of sp³-hybridized carbons (Fsp3) is 0.500. The molecule has 4 rings (SSSR count). The summed E-state index contributed by atoms with van der Waals surface area (Å²) >= 11 is 0. The topological polar surface area (TPSA) is 42.7 Å². The van der Waals surface area contributed by atoms with Crippen molar-refractivity contribution in [3.8, 4) is 5.75 Å². The zero-order chi connectivity index (χ0) is 15.1. The predicted molar refractivity (Wildman–Crippen MR) is 92.6 cm³/mol. The summed E-state index contributed by atoms with van der Waals surface area (Å²) < 4.78 is 11.4. The molecule has 23 heavy (non-hydrogen) atoms. The first-order valence-corrected chi connectivity index (χ1v) is 8.11. The minimum Gasteiger partial charge on any atom is -0.490 e. The summed E-state index contributed by atoms with van der Waals surface area (Å²) in [7, 11) is 2.25. The van der Waals surface area contributed by atoms with Gasteiger partial charge in [-0.15, -0.1) is 12.4 Å². The number of hydrogen-bond acceptors (Lipinski definition) is 4. The van der Waals surface area contributed by atoms with E-state index < -0.39 is 0 Å². The van der Waals surface area contributed by atoms with Gasteiger partial charge in [-0.2, -0.15) is 0 Å². The molecule has 0 aliphatic carbocycles. The van der Waals surface area contributed by atoms with Crippen LogP contribution in [0.5, 0.6) is 5.75 Å². The summed E-state index contributed by atoms with van der Waals surface area (Å²) in [5, 5.41) is 0.923. The Balaban J connectivity index is 0.00000156. The van der Waals surface area contributed by atoms with E-state index in [0.717, 1.165) is 24.0 Å². The van der Waals surface area contributed by atoms with Crippen LogP contribution in [0.1, 0.15) is 32.1 Å². The van der Waals surface area contributed by atoms with Gasteiger partial charge in [-0.25, -0.2) is 4.79 Å². The maximum absolute atomic E-state index is 11.3. The van der Waals surface area contributed by atoms with Crippen molar-refractivity contribution in [3.63, 3.8) is 0 Å². The van der Waals surface area contributed by atoms with Gasteiger partial charge in [-0.1, -0.05) is 6.42 Å². The summed E-state index contributed by atoms with van der Waals surface area (Å²) in [6.45, 7) is 0. The fourth-order valence-corrected chi connectivity index (χ4v) is 3.97. The number of benzene rings is 1. The molecular formula is C18H22ClNO3. The lowest BCUT2D eigenvalue weighted by Gasteiger charge is -2.46. The minimum atomic E-state index is -0.321. The van der Waals surface area contributed by atoms with Gasteiger partial charge in [0.15, 0.2) is 0 Å². The highest BCUT2D eigenvalue weighted by molar-refractivity contribution is 5.85. The Labute approximate surface area is 141 Å². The first kappa shape index (κ1) is 16.3. The van der Waals surface area contributed by atoms with E-state index in [-0.39, 0.29) is 24.1 Å². The summed E-state index contributed by atoms with van der Waals surface area (Å²) in [6, 6.07) is 10.3. The van der Waals surface area contributed by atoms with Crippen molar-refractivity contribution in [3.05, 3.63) is 40.8 Å². The number of ether oxygens (including phenoxy) is 1. The van der Waals surface area contributed by atoms with Crippen molar-refractivity contribution in [1.29, 1.82) is 0 Å². The van der Waals surface area contributed by atoms with Crippen LogP contribution in [0.15, 0.2) is 39.5 Å². The highest BCUT2D eigenvalue weighted by atomic mass is 35.5. The fourth-order valence-electron chi connectivity index (χ4n) is 3.97. The van der Waals surface area contributed by atoms with Crippen molar-refractivity contribution >= 4 is 23.4 Å². The first-order valence-electron chi connectivity index (χ1n) is 8.11. The molecule has 1 aromatic heterocycles. The number of rotatable bonds is 2. The average molecular weight is 336 g/mol. The minimum absolute atomic E-state index is 0. The normalized spacial score (nSPS) is 27.4. The molecule has 0 saturated carbocycles. The molecule has 5 heteroatoms. The molecule has 0 spiro atoms. The highest BCUT2D eigenvalue weighted by Gasteiger charge is 2.36. The number of nitrogens with zero attached hydrogens (tertiary/aromatic N) is 1. The third-order valence-electron chi connectivity index (χ3n) is 5.19. The Morgan fingerprint density at radius 2 is 1.83 bits per heavy atom. The van der Waals surface area contributed by atoms with Gasteiger partial charge in [0.25, 0.3) is 0 Å². The van der Waals surface area contributed by atoms with Gasteiger partial charge in [0.05, 0.1) is 0 Å². The van der Waals surface area contributed by atoms with E-state index >= 15 is 0 Å². The first-order chi connectivity index (χ1) is 10.7. The quantitative estimate of drug-likeness (QED) is 0.786. The number of hydrogen-bond donors (Lipinski definition) is 0. The Bertz CT molecular complexity index is 730. The third kappa shape index (κ3) is 3.24. The van der Waals surface area contributed by atoms with Gasteiger partial charge < -0.3 is 14.1 Å². The van der Waals surface area contributed by atoms with E-state index in [4.69, 9.17) is 9.15 Å². The molecule has 2 fully saturated rings. The smallest absolute Gasteiger partial charge is 0.336 e. The Kier molecular flexibility index (Phi) is 4.64. The van der Waals surface area contributed by atoms with Crippen LogP contribution in [0.3, 0.4) is 0 Å². The maximum atomic E-state index is 11.3. The zero-order valence-corrected chi connectivity index (χ0v) is 14.1. The van der Waals surface area contributed by atoms with Crippen LogP contribution < -0.4 is 10.4 Å². The van der Waals surface area contributed by atoms with Gasteiger partial charge in [0.2, 0.25) is 0 Å². The Morgan fingerprint density at radius 1 is 1.13 bits per heavy atom. The summed E-state index contributed by atoms with van der Waals surface area (Å²) in [6.07, 6.45) is 6.33. The van der Waals surface area contributed by atoms with E-state index in [1.165, 1.54) is 25.3 Å². The lowest BCUT2D eigenvalue weighted by atomic mass is 9.83. The molecule has 2 saturated heterocycles. The molecule has 2 aliphatic heterocycles. The van der Waals surface area contributed by atoms with Crippen LogP contribution in [0, 0.1) is 0 Å². The molecule has 2 bridgehead atoms. The van der Waals surface area contributed by atoms with Crippen LogP contribution >= 0.6 is 12.4 Å². The molecule has 0 N–H and O–H groups in total. The van der Waals surface area contributed by atoms with Gasteiger partial charge in [0, 0.05) is 29.6 Å². The highest BCUT2D eigenvalue weighted by Crippen LogP contribution is 2.34. The van der Waals surface area contributed by atoms with Crippen LogP contribution in [0.2, 0.25) is 0 Å². The molecule has 2 unspecified atom stereocenters. The Hall–Kier alpha value is -1.52. The molecule has 1 aromatic carbocycles. The molecule has 3 heterocycles. The van der Waals surface area contributed by atoms with E-state index in [1.807, 2.05) is 18.2 Å². The second-order valence-electron chi connectivity index (χ2n) is 6.57. The molecule has 2 aromatic rings. The standard InChI is InChI=1S/C18H21NO3.ClH/c1-19-13-3-2-4-14(19)10-16(9-13)21-15-7-5-12-6-8-18(20)22-17(12)11-15;/h5-8,11,13-14,16H,2-4,9-10H2,1H3;1H. The van der Waals surface area contributed by atoms with Gasteiger partial charge in [-0.05, 0) is 50.9 Å². The molecular weight excluding hydrogens is 314 g/mol. The van der Waals surface area contributed by atoms with E-state index in [1.54, 1.807) is 6.07 Å². The van der Waals surface area contributed by atoms with E-state index in [0.29, 0.717) is 17.7 Å². The molecule has 0 radical (unpaired) electrons. The number of fused-ring (bicyclic) bond motifs is 3. The lowest BCUT2D eigenvalue weighted by Crippen LogP contribution is -2.52. The van der Waals surface area contributed by atoms with Crippen LogP contribution in [0.4, 0.5) is 0 Å². The second-order valence-corrected chi connectivity index (χ2v) is 6.57. The van der Waals surface area contributed by atoms with Crippen molar-refractivity contribution < 1.29 is 9.15 Å². The molecule has 2 aliphatic rings. The summed E-state index contributed by atoms with van der Waals surface area (Å²) in [5.41, 5.74) is 0.275. The van der Waals surface area contributed by atoms with Gasteiger partial charge in [-0.3, -0.25) is 0 Å². The van der Waals surface area contributed by atoms with Crippen LogP contribution in [0.25, 0.3) is 11.0 Å². The number of halogens is 1. The summed E-state index contributed by atoms with van der Waals surface area (Å²) in [5.74, 6) is 0.800. The van der Waals surface area contributed by atoms with Crippen molar-refractivity contribution in [2.45, 2.75) is 50.3 Å². The van der Waals surface area contributed by atoms with Crippen LogP contribution in [-0.2, 0) is 0 Å². The SMILES string of the molecule is CN1C2CCCC1CC(Oc1ccc3ccc(=O)oc3c1)C2.Cl. The summed E-state index contributed by atoms with van der Waals surface area (Å²) in [4.78, 5) is 13.9. The molecule has 4 nitrogen and oxygen atoms in total. The lowest BCUT2D eigenvalue weighted by molar-refractivity contribution is 0.000166. The van der Waals surface area contributed by atoms with Gasteiger partial charge in [0.1, 0.15) is 17.4 Å². The average Bonchev–Trinajstić information content (AvgIpc) is 2.48. The second kappa shape index (κ2) is 6.54. The Morgan fingerprint density at radius 3 is 2.57 bits per heavy atom. The van der Waals surface area contributed by atoms with Crippen LogP contribution in [-0.4, -0.2) is 30.1 Å². The van der Waals surface area contributed by atoms with Gasteiger partial charge >= 0.3 is 5.63 Å². The van der Waals surface area contributed by atoms with E-state index in [9.17, 15) is 4.79 Å². The van der Waals surface area contributed by atoms with Crippen molar-refractivity contribution in [2.24, 2.45) is 0 Å². The zero-order valence-electron chi connectivity index (χ0n) is 13.2. The number of piperidine rings is 2. The molecule has 0 amide bonds. The van der Waals surface area contributed by atoms with E-state index in [2.05, 4.69) is 11.9 Å². The van der Waals surface area contributed by atoms with Crippen molar-refractivity contribution in [2.75, 3.05) is 7.05 Å².